The van der Waals surface area contributed by atoms with Crippen molar-refractivity contribution in [1.29, 1.82) is 0 Å². The van der Waals surface area contributed by atoms with Crippen LogP contribution in [0.3, 0.4) is 0 Å². The van der Waals surface area contributed by atoms with Gasteiger partial charge in [0.1, 0.15) is 11.3 Å². The molecule has 0 aliphatic carbocycles. The van der Waals surface area contributed by atoms with Gasteiger partial charge in [-0.2, -0.15) is 0 Å². The monoisotopic (exact) mass is 381 g/mol. The molecule has 1 heterocycles. The van der Waals surface area contributed by atoms with E-state index in [0.717, 1.165) is 28.4 Å². The molecule has 1 atom stereocenters. The van der Waals surface area contributed by atoms with Crippen molar-refractivity contribution in [1.82, 2.24) is 4.98 Å². The minimum absolute atomic E-state index is 0.188. The van der Waals surface area contributed by atoms with Crippen LogP contribution < -0.4 is 4.74 Å². The van der Waals surface area contributed by atoms with Crippen molar-refractivity contribution in [2.75, 3.05) is 0 Å². The molecular weight excluding hydrogens is 358 g/mol. The Morgan fingerprint density at radius 3 is 2.44 bits per heavy atom. The first-order valence-corrected chi connectivity index (χ1v) is 9.69. The summed E-state index contributed by atoms with van der Waals surface area (Å²) in [7, 11) is 0. The third-order valence-corrected chi connectivity index (χ3v) is 5.46. The Morgan fingerprint density at radius 1 is 1.11 bits per heavy atom. The summed E-state index contributed by atoms with van der Waals surface area (Å²) in [5.41, 5.74) is 2.17. The van der Waals surface area contributed by atoms with Crippen LogP contribution in [0.1, 0.15) is 33.6 Å². The van der Waals surface area contributed by atoms with E-state index >= 15 is 0 Å². The zero-order valence-corrected chi connectivity index (χ0v) is 16.7. The molecule has 0 saturated heterocycles. The van der Waals surface area contributed by atoms with Crippen LogP contribution in [-0.2, 0) is 5.41 Å². The van der Waals surface area contributed by atoms with Crippen molar-refractivity contribution in [3.63, 3.8) is 0 Å². The average Bonchev–Trinajstić information content (AvgIpc) is 3.06. The van der Waals surface area contributed by atoms with Gasteiger partial charge in [-0.1, -0.05) is 42.0 Å². The summed E-state index contributed by atoms with van der Waals surface area (Å²) in [6, 6.07) is 16.8. The van der Waals surface area contributed by atoms with Gasteiger partial charge < -0.3 is 9.15 Å². The predicted molar refractivity (Wildman–Crippen MR) is 110 cm³/mol. The maximum atomic E-state index is 12.5. The molecule has 0 bridgehead atoms. The number of para-hydroxylation sites is 3. The van der Waals surface area contributed by atoms with Gasteiger partial charge in [0.05, 0.1) is 5.41 Å². The van der Waals surface area contributed by atoms with E-state index in [1.54, 1.807) is 12.1 Å². The van der Waals surface area contributed by atoms with Crippen LogP contribution in [0.25, 0.3) is 11.1 Å². The quantitative estimate of drug-likeness (QED) is 0.379. The summed E-state index contributed by atoms with van der Waals surface area (Å²) in [5.74, 6) is 1.14. The molecule has 2 aromatic carbocycles. The molecule has 4 nitrogen and oxygen atoms in total. The lowest BCUT2D eigenvalue weighted by atomic mass is 9.87. The summed E-state index contributed by atoms with van der Waals surface area (Å²) in [6.45, 7) is 8.09. The Kier molecular flexibility index (Phi) is 5.71. The second-order valence-corrected chi connectivity index (χ2v) is 8.23. The van der Waals surface area contributed by atoms with Crippen molar-refractivity contribution in [2.24, 2.45) is 0 Å². The Labute approximate surface area is 163 Å². The highest BCUT2D eigenvalue weighted by Crippen LogP contribution is 2.38. The largest absolute Gasteiger partial charge is 0.440 e. The zero-order chi connectivity index (χ0) is 19.4. The predicted octanol–water partition coefficient (Wildman–Crippen LogP) is 6.37. The first kappa shape index (κ1) is 19.2. The zero-order valence-electron chi connectivity index (χ0n) is 15.9. The molecule has 0 fully saturated rings. The molecule has 1 unspecified atom stereocenters. The molecule has 0 aliphatic rings. The van der Waals surface area contributed by atoms with Crippen LogP contribution in [0.2, 0.25) is 0 Å². The van der Waals surface area contributed by atoms with E-state index in [9.17, 15) is 4.79 Å². The van der Waals surface area contributed by atoms with Gasteiger partial charge >= 0.3 is 5.30 Å². The number of carbonyl (C=O) groups is 1. The standard InChI is InChI=1S/C22H23NO3S/c1-15(2)14-19(27-21(24)25-16-10-6-5-7-11-16)22(3,4)20-23-17-12-8-9-13-18(17)26-20/h5-14,19H,1-4H3. The summed E-state index contributed by atoms with van der Waals surface area (Å²) in [6.07, 6.45) is 2.06. The molecule has 0 N–H and O–H groups in total. The maximum absolute atomic E-state index is 12.5. The smallest absolute Gasteiger partial charge is 0.373 e. The van der Waals surface area contributed by atoms with Crippen LogP contribution in [0.4, 0.5) is 4.79 Å². The molecule has 0 spiro atoms. The number of hydrogen-bond acceptors (Lipinski definition) is 5. The second kappa shape index (κ2) is 8.01. The van der Waals surface area contributed by atoms with Gasteiger partial charge in [-0.25, -0.2) is 9.78 Å². The van der Waals surface area contributed by atoms with E-state index < -0.39 is 5.41 Å². The van der Waals surface area contributed by atoms with Gasteiger partial charge in [0, 0.05) is 5.25 Å². The molecule has 0 amide bonds. The lowest BCUT2D eigenvalue weighted by Gasteiger charge is -2.28. The van der Waals surface area contributed by atoms with Gasteiger partial charge in [0.15, 0.2) is 5.58 Å². The number of ether oxygens (including phenoxy) is 1. The van der Waals surface area contributed by atoms with Gasteiger partial charge in [-0.3, -0.25) is 0 Å². The van der Waals surface area contributed by atoms with Crippen molar-refractivity contribution < 1.29 is 13.9 Å². The second-order valence-electron chi connectivity index (χ2n) is 7.16. The molecule has 3 rings (SSSR count). The third kappa shape index (κ3) is 4.61. The van der Waals surface area contributed by atoms with E-state index in [1.807, 2.05) is 70.2 Å². The maximum Gasteiger partial charge on any atom is 0.373 e. The fourth-order valence-electron chi connectivity index (χ4n) is 2.67. The van der Waals surface area contributed by atoms with E-state index in [0.29, 0.717) is 11.6 Å². The van der Waals surface area contributed by atoms with Crippen LogP contribution in [0.15, 0.2) is 70.7 Å². The van der Waals surface area contributed by atoms with Crippen molar-refractivity contribution in [3.05, 3.63) is 72.1 Å². The van der Waals surface area contributed by atoms with Crippen LogP contribution in [0, 0.1) is 0 Å². The first-order valence-electron chi connectivity index (χ1n) is 8.81. The lowest BCUT2D eigenvalue weighted by molar-refractivity contribution is 0.226. The Hall–Kier alpha value is -2.53. The molecule has 27 heavy (non-hydrogen) atoms. The molecule has 1 aromatic heterocycles. The van der Waals surface area contributed by atoms with E-state index in [-0.39, 0.29) is 10.6 Å². The first-order chi connectivity index (χ1) is 12.9. The number of aromatic nitrogens is 1. The summed E-state index contributed by atoms with van der Waals surface area (Å²) >= 11 is 1.14. The molecule has 140 valence electrons. The summed E-state index contributed by atoms with van der Waals surface area (Å²) in [5, 5.41) is -0.542. The third-order valence-electron chi connectivity index (χ3n) is 4.21. The molecule has 5 heteroatoms. The van der Waals surface area contributed by atoms with Crippen LogP contribution in [0.5, 0.6) is 5.75 Å². The number of allylic oxidation sites excluding steroid dienone is 1. The van der Waals surface area contributed by atoms with E-state index in [1.165, 1.54) is 0 Å². The van der Waals surface area contributed by atoms with Gasteiger partial charge in [-0.05, 0) is 63.7 Å². The number of thioether (sulfide) groups is 1. The minimum Gasteiger partial charge on any atom is -0.440 e. The number of hydrogen-bond donors (Lipinski definition) is 0. The van der Waals surface area contributed by atoms with Crippen LogP contribution in [-0.4, -0.2) is 15.5 Å². The van der Waals surface area contributed by atoms with Crippen LogP contribution >= 0.6 is 11.8 Å². The molecule has 0 radical (unpaired) electrons. The van der Waals surface area contributed by atoms with Gasteiger partial charge in [0.25, 0.3) is 0 Å². The van der Waals surface area contributed by atoms with Gasteiger partial charge in [-0.15, -0.1) is 0 Å². The molecule has 3 aromatic rings. The normalized spacial score (nSPS) is 12.6. The van der Waals surface area contributed by atoms with Crippen molar-refractivity contribution >= 4 is 28.2 Å². The van der Waals surface area contributed by atoms with E-state index in [2.05, 4.69) is 11.1 Å². The molecule has 0 saturated carbocycles. The summed E-state index contributed by atoms with van der Waals surface area (Å²) in [4.78, 5) is 17.2. The summed E-state index contributed by atoms with van der Waals surface area (Å²) < 4.78 is 11.4. The van der Waals surface area contributed by atoms with Crippen molar-refractivity contribution in [2.45, 2.75) is 38.4 Å². The SMILES string of the molecule is CC(C)=CC(SC(=O)Oc1ccccc1)C(C)(C)c1nc2ccccc2o1. The highest BCUT2D eigenvalue weighted by atomic mass is 32.2. The van der Waals surface area contributed by atoms with Crippen molar-refractivity contribution in [3.8, 4) is 5.75 Å². The number of carbonyl (C=O) groups excluding carboxylic acids is 1. The number of nitrogens with zero attached hydrogens (tertiary/aromatic N) is 1. The fraction of sp³-hybridized carbons (Fsp3) is 0.273. The highest BCUT2D eigenvalue weighted by Gasteiger charge is 2.37. The average molecular weight is 381 g/mol. The Morgan fingerprint density at radius 2 is 1.78 bits per heavy atom. The number of rotatable bonds is 5. The number of benzene rings is 2. The number of oxazole rings is 1. The lowest BCUT2D eigenvalue weighted by Crippen LogP contribution is -2.32. The topological polar surface area (TPSA) is 52.3 Å². The molecule has 0 aliphatic heterocycles. The highest BCUT2D eigenvalue weighted by molar-refractivity contribution is 8.14. The van der Waals surface area contributed by atoms with E-state index in [4.69, 9.17) is 9.15 Å². The Bertz CT molecular complexity index is 923. The molecular formula is C22H23NO3S. The van der Waals surface area contributed by atoms with Gasteiger partial charge in [0.2, 0.25) is 5.89 Å². The number of fused-ring (bicyclic) bond motifs is 1. The minimum atomic E-state index is -0.503. The fourth-order valence-corrected chi connectivity index (χ4v) is 3.76. The Balaban J connectivity index is 1.86.